The Morgan fingerprint density at radius 3 is 2.38 bits per heavy atom. The minimum Gasteiger partial charge on any atom is -0.229 e. The van der Waals surface area contributed by atoms with Crippen LogP contribution in [-0.4, -0.2) is 30.1 Å². The molecule has 4 nitrogen and oxygen atoms in total. The molecular weight excluding hydrogens is 271 g/mol. The molecule has 2 rings (SSSR count). The highest BCUT2D eigenvalue weighted by Crippen LogP contribution is 2.30. The number of hydrogen-bond donors (Lipinski definition) is 0. The minimum absolute atomic E-state index is 0.116. The monoisotopic (exact) mass is 280 g/mol. The van der Waals surface area contributed by atoms with E-state index >= 15 is 0 Å². The second-order valence-electron chi connectivity index (χ2n) is 3.83. The molecule has 1 aliphatic heterocycles. The molecule has 0 amide bonds. The van der Waals surface area contributed by atoms with Gasteiger partial charge in [0.25, 0.3) is 0 Å². The molecule has 16 heavy (non-hydrogen) atoms. The Bertz CT molecular complexity index is 490. The van der Waals surface area contributed by atoms with Gasteiger partial charge in [0.1, 0.15) is 9.84 Å². The van der Waals surface area contributed by atoms with E-state index < -0.39 is 9.84 Å². The third-order valence-corrected chi connectivity index (χ3v) is 5.08. The van der Waals surface area contributed by atoms with E-state index in [0.717, 1.165) is 5.69 Å². The Morgan fingerprint density at radius 1 is 1.19 bits per heavy atom. The van der Waals surface area contributed by atoms with Gasteiger partial charge in [0, 0.05) is 5.92 Å². The van der Waals surface area contributed by atoms with Gasteiger partial charge in [0.2, 0.25) is 0 Å². The highest BCUT2D eigenvalue weighted by molar-refractivity contribution is 7.91. The molecule has 1 aromatic heterocycles. The third kappa shape index (κ3) is 2.64. The van der Waals surface area contributed by atoms with Gasteiger partial charge in [-0.1, -0.05) is 23.2 Å². The summed E-state index contributed by atoms with van der Waals surface area (Å²) in [4.78, 5) is 0. The SMILES string of the molecule is O=S1(=O)CCC(c2cc(Cl)c(Cl)nn2)CC1. The summed E-state index contributed by atoms with van der Waals surface area (Å²) < 4.78 is 22.5. The average molecular weight is 281 g/mol. The first kappa shape index (κ1) is 12.1. The van der Waals surface area contributed by atoms with E-state index in [1.54, 1.807) is 6.07 Å². The third-order valence-electron chi connectivity index (χ3n) is 2.70. The Hall–Kier alpha value is -0.390. The van der Waals surface area contributed by atoms with Crippen molar-refractivity contribution in [2.45, 2.75) is 18.8 Å². The summed E-state index contributed by atoms with van der Waals surface area (Å²) in [6.07, 6.45) is 1.16. The zero-order chi connectivity index (χ0) is 11.8. The van der Waals surface area contributed by atoms with Gasteiger partial charge < -0.3 is 0 Å². The molecule has 0 atom stereocenters. The van der Waals surface area contributed by atoms with E-state index in [0.29, 0.717) is 17.9 Å². The average Bonchev–Trinajstić information content (AvgIpc) is 2.22. The van der Waals surface area contributed by atoms with Gasteiger partial charge in [-0.05, 0) is 18.9 Å². The van der Waals surface area contributed by atoms with Crippen molar-refractivity contribution in [3.05, 3.63) is 21.9 Å². The fraction of sp³-hybridized carbons (Fsp3) is 0.556. The van der Waals surface area contributed by atoms with Crippen molar-refractivity contribution in [2.75, 3.05) is 11.5 Å². The van der Waals surface area contributed by atoms with Crippen molar-refractivity contribution in [3.63, 3.8) is 0 Å². The van der Waals surface area contributed by atoms with Crippen LogP contribution in [0, 0.1) is 0 Å². The molecule has 7 heteroatoms. The predicted molar refractivity (Wildman–Crippen MR) is 62.7 cm³/mol. The Labute approximate surface area is 104 Å². The van der Waals surface area contributed by atoms with E-state index in [1.165, 1.54) is 0 Å². The standard InChI is InChI=1S/C9H10Cl2N2O2S/c10-7-5-8(12-13-9(7)11)6-1-3-16(14,15)4-2-6/h5-6H,1-4H2. The molecule has 2 heterocycles. The van der Waals surface area contributed by atoms with Gasteiger partial charge in [0.15, 0.2) is 5.15 Å². The van der Waals surface area contributed by atoms with Gasteiger partial charge in [-0.3, -0.25) is 0 Å². The summed E-state index contributed by atoms with van der Waals surface area (Å²) in [5, 5.41) is 8.21. The van der Waals surface area contributed by atoms with Crippen molar-refractivity contribution in [3.8, 4) is 0 Å². The molecule has 1 aliphatic rings. The van der Waals surface area contributed by atoms with E-state index in [9.17, 15) is 8.42 Å². The van der Waals surface area contributed by atoms with Crippen LogP contribution in [0.2, 0.25) is 10.2 Å². The van der Waals surface area contributed by atoms with Crippen LogP contribution in [0.3, 0.4) is 0 Å². The molecule has 1 saturated heterocycles. The van der Waals surface area contributed by atoms with Gasteiger partial charge >= 0.3 is 0 Å². The number of hydrogen-bond acceptors (Lipinski definition) is 4. The first-order valence-electron chi connectivity index (χ1n) is 4.87. The molecule has 1 fully saturated rings. The maximum atomic E-state index is 11.3. The van der Waals surface area contributed by atoms with Gasteiger partial charge in [-0.2, -0.15) is 5.10 Å². The molecule has 0 aliphatic carbocycles. The van der Waals surface area contributed by atoms with Crippen LogP contribution in [0.15, 0.2) is 6.07 Å². The molecule has 88 valence electrons. The number of nitrogens with zero attached hydrogens (tertiary/aromatic N) is 2. The van der Waals surface area contributed by atoms with Crippen molar-refractivity contribution in [2.24, 2.45) is 0 Å². The van der Waals surface area contributed by atoms with Crippen LogP contribution in [0.5, 0.6) is 0 Å². The minimum atomic E-state index is -2.85. The molecule has 0 spiro atoms. The number of halogens is 2. The molecule has 0 bridgehead atoms. The lowest BCUT2D eigenvalue weighted by Crippen LogP contribution is -2.22. The predicted octanol–water partition coefficient (Wildman–Crippen LogP) is 2.08. The lowest BCUT2D eigenvalue weighted by molar-refractivity contribution is 0.541. The first-order valence-corrected chi connectivity index (χ1v) is 7.45. The zero-order valence-electron chi connectivity index (χ0n) is 8.36. The number of aromatic nitrogens is 2. The van der Waals surface area contributed by atoms with E-state index in [4.69, 9.17) is 23.2 Å². The van der Waals surface area contributed by atoms with Crippen molar-refractivity contribution >= 4 is 33.0 Å². The Kier molecular flexibility index (Phi) is 3.37. The Balaban J connectivity index is 2.17. The molecule has 0 unspecified atom stereocenters. The van der Waals surface area contributed by atoms with Crippen LogP contribution in [0.1, 0.15) is 24.5 Å². The van der Waals surface area contributed by atoms with Gasteiger partial charge in [-0.25, -0.2) is 8.42 Å². The van der Waals surface area contributed by atoms with Gasteiger partial charge in [0.05, 0.1) is 22.2 Å². The second-order valence-corrected chi connectivity index (χ2v) is 6.90. The van der Waals surface area contributed by atoms with Gasteiger partial charge in [-0.15, -0.1) is 5.10 Å². The van der Waals surface area contributed by atoms with Crippen LogP contribution < -0.4 is 0 Å². The summed E-state index contributed by atoms with van der Waals surface area (Å²) >= 11 is 11.5. The van der Waals surface area contributed by atoms with Crippen LogP contribution in [0.25, 0.3) is 0 Å². The van der Waals surface area contributed by atoms with Crippen molar-refractivity contribution < 1.29 is 8.42 Å². The second kappa shape index (κ2) is 4.47. The van der Waals surface area contributed by atoms with Crippen LogP contribution in [-0.2, 0) is 9.84 Å². The molecule has 0 radical (unpaired) electrons. The van der Waals surface area contributed by atoms with E-state index in [-0.39, 0.29) is 22.6 Å². The smallest absolute Gasteiger partial charge is 0.170 e. The molecule has 0 aromatic carbocycles. The first-order chi connectivity index (χ1) is 7.48. The maximum absolute atomic E-state index is 11.3. The van der Waals surface area contributed by atoms with Crippen LogP contribution in [0.4, 0.5) is 0 Å². The fourth-order valence-corrected chi connectivity index (χ4v) is 3.49. The van der Waals surface area contributed by atoms with Crippen LogP contribution >= 0.6 is 23.2 Å². The van der Waals surface area contributed by atoms with Crippen molar-refractivity contribution in [1.82, 2.24) is 10.2 Å². The highest BCUT2D eigenvalue weighted by atomic mass is 35.5. The number of rotatable bonds is 1. The lowest BCUT2D eigenvalue weighted by atomic mass is 9.99. The summed E-state index contributed by atoms with van der Waals surface area (Å²) in [5.74, 6) is 0.532. The normalized spacial score (nSPS) is 20.9. The lowest BCUT2D eigenvalue weighted by Gasteiger charge is -2.20. The Morgan fingerprint density at radius 2 is 1.81 bits per heavy atom. The molecule has 1 aromatic rings. The quantitative estimate of drug-likeness (QED) is 0.790. The highest BCUT2D eigenvalue weighted by Gasteiger charge is 2.26. The van der Waals surface area contributed by atoms with E-state index in [2.05, 4.69) is 10.2 Å². The topological polar surface area (TPSA) is 59.9 Å². The van der Waals surface area contributed by atoms with E-state index in [1.807, 2.05) is 0 Å². The summed E-state index contributed by atoms with van der Waals surface area (Å²) in [6, 6.07) is 1.67. The molecular formula is C9H10Cl2N2O2S. The molecule has 0 N–H and O–H groups in total. The summed E-state index contributed by atoms with van der Waals surface area (Å²) in [7, 11) is -2.85. The largest absolute Gasteiger partial charge is 0.229 e. The summed E-state index contributed by atoms with van der Waals surface area (Å²) in [6.45, 7) is 0. The molecule has 0 saturated carbocycles. The fourth-order valence-electron chi connectivity index (χ4n) is 1.75. The summed E-state index contributed by atoms with van der Waals surface area (Å²) in [5.41, 5.74) is 0.726. The maximum Gasteiger partial charge on any atom is 0.170 e. The van der Waals surface area contributed by atoms with Crippen molar-refractivity contribution in [1.29, 1.82) is 0 Å². The number of sulfone groups is 1. The zero-order valence-corrected chi connectivity index (χ0v) is 10.7.